The third-order valence-electron chi connectivity index (χ3n) is 13.3. The topological polar surface area (TPSA) is 37.8 Å². The summed E-state index contributed by atoms with van der Waals surface area (Å²) in [5.74, 6) is 0. The van der Waals surface area contributed by atoms with Crippen LogP contribution in [0, 0.1) is 0 Å². The van der Waals surface area contributed by atoms with Gasteiger partial charge in [0.2, 0.25) is 0 Å². The smallest absolute Gasteiger partial charge is 0.165 e. The first-order valence-corrected chi connectivity index (χ1v) is 21.7. The maximum atomic E-state index is 5.87. The lowest BCUT2D eigenvalue weighted by atomic mass is 9.84. The Balaban J connectivity index is 1.32. The Morgan fingerprint density at radius 2 is 0.869 bits per heavy atom. The molecule has 0 aliphatic rings. The van der Waals surface area contributed by atoms with Crippen molar-refractivity contribution in [2.75, 3.05) is 4.90 Å². The zero-order valence-corrected chi connectivity index (χ0v) is 36.4. The van der Waals surface area contributed by atoms with Crippen LogP contribution in [0.2, 0.25) is 0 Å². The predicted octanol–water partition coefficient (Wildman–Crippen LogP) is 15.3. The van der Waals surface area contributed by atoms with Crippen LogP contribution in [0.3, 0.4) is 0 Å². The number of anilines is 3. The summed E-state index contributed by atoms with van der Waals surface area (Å²) in [7, 11) is 0. The SMILES string of the molecule is CC(C)(C)c1cc(N(c2ccccc2)c2ccccc2)c2c(c1)c1cc(C(C)(C)C)cc3c4nc5c(nc4n2c13)c1cc(C(C)(C)C)cc2c3c4ccccc4ccc3n5c12. The number of benzene rings is 7. The van der Waals surface area contributed by atoms with Gasteiger partial charge in [0.25, 0.3) is 0 Å². The number of nitrogens with zero attached hydrogens (tertiary/aromatic N) is 5. The first kappa shape index (κ1) is 36.2. The Labute approximate surface area is 355 Å². The number of rotatable bonds is 3. The van der Waals surface area contributed by atoms with Crippen LogP contribution in [0.25, 0.3) is 87.5 Å². The fourth-order valence-corrected chi connectivity index (χ4v) is 10.1. The van der Waals surface area contributed by atoms with Gasteiger partial charge in [-0.2, -0.15) is 0 Å². The zero-order chi connectivity index (χ0) is 41.9. The van der Waals surface area contributed by atoms with Crippen LogP contribution >= 0.6 is 0 Å². The number of para-hydroxylation sites is 2. The maximum absolute atomic E-state index is 5.87. The van der Waals surface area contributed by atoms with E-state index >= 15 is 0 Å². The molecule has 298 valence electrons. The Hall–Kier alpha value is -6.72. The maximum Gasteiger partial charge on any atom is 0.165 e. The molecule has 5 aromatic heterocycles. The van der Waals surface area contributed by atoms with Gasteiger partial charge < -0.3 is 4.90 Å². The number of aromatic nitrogens is 4. The molecule has 61 heavy (non-hydrogen) atoms. The Morgan fingerprint density at radius 1 is 0.410 bits per heavy atom. The van der Waals surface area contributed by atoms with Crippen molar-refractivity contribution < 1.29 is 0 Å². The van der Waals surface area contributed by atoms with Crippen molar-refractivity contribution >= 4 is 105 Å². The van der Waals surface area contributed by atoms with Gasteiger partial charge in [0.1, 0.15) is 11.0 Å². The van der Waals surface area contributed by atoms with Crippen LogP contribution < -0.4 is 4.90 Å². The molecule has 12 aromatic rings. The summed E-state index contributed by atoms with van der Waals surface area (Å²) in [6.45, 7) is 20.9. The Bertz CT molecular complexity index is 3700. The summed E-state index contributed by atoms with van der Waals surface area (Å²) in [4.78, 5) is 14.1. The highest BCUT2D eigenvalue weighted by Gasteiger charge is 2.31. The van der Waals surface area contributed by atoms with Gasteiger partial charge in [-0.3, -0.25) is 8.80 Å². The summed E-state index contributed by atoms with van der Waals surface area (Å²) in [6.07, 6.45) is 0. The minimum absolute atomic E-state index is 0.0724. The van der Waals surface area contributed by atoms with Crippen molar-refractivity contribution in [3.8, 4) is 0 Å². The quantitative estimate of drug-likeness (QED) is 0.179. The molecule has 0 bridgehead atoms. The highest BCUT2D eigenvalue weighted by atomic mass is 15.2. The van der Waals surface area contributed by atoms with Crippen LogP contribution in [-0.4, -0.2) is 18.8 Å². The van der Waals surface area contributed by atoms with Gasteiger partial charge >= 0.3 is 0 Å². The lowest BCUT2D eigenvalue weighted by Crippen LogP contribution is -2.15. The van der Waals surface area contributed by atoms with E-state index in [1.54, 1.807) is 0 Å². The number of fused-ring (bicyclic) bond motifs is 14. The molecule has 0 spiro atoms. The monoisotopic (exact) mass is 791 g/mol. The van der Waals surface area contributed by atoms with E-state index in [1.807, 2.05) is 0 Å². The number of hydrogen-bond donors (Lipinski definition) is 0. The summed E-state index contributed by atoms with van der Waals surface area (Å²) in [5.41, 5.74) is 15.3. The molecule has 5 heterocycles. The van der Waals surface area contributed by atoms with Gasteiger partial charge in [0.15, 0.2) is 11.3 Å². The van der Waals surface area contributed by atoms with Crippen LogP contribution in [-0.2, 0) is 16.2 Å². The third-order valence-corrected chi connectivity index (χ3v) is 13.3. The van der Waals surface area contributed by atoms with Crippen LogP contribution in [0.1, 0.15) is 79.0 Å². The summed E-state index contributed by atoms with van der Waals surface area (Å²) >= 11 is 0. The van der Waals surface area contributed by atoms with E-state index in [1.165, 1.54) is 65.6 Å². The average Bonchev–Trinajstić information content (AvgIpc) is 3.95. The first-order valence-electron chi connectivity index (χ1n) is 21.7. The first-order chi connectivity index (χ1) is 29.2. The van der Waals surface area contributed by atoms with Crippen molar-refractivity contribution in [2.24, 2.45) is 0 Å². The highest BCUT2D eigenvalue weighted by Crippen LogP contribution is 2.50. The molecule has 0 amide bonds. The van der Waals surface area contributed by atoms with E-state index in [4.69, 9.17) is 9.97 Å². The lowest BCUT2D eigenvalue weighted by Gasteiger charge is -2.29. The second kappa shape index (κ2) is 12.0. The van der Waals surface area contributed by atoms with Gasteiger partial charge in [0, 0.05) is 43.7 Å². The van der Waals surface area contributed by atoms with Crippen molar-refractivity contribution in [1.29, 1.82) is 0 Å². The molecule has 0 atom stereocenters. The molecule has 12 rings (SSSR count). The molecule has 7 aromatic carbocycles. The van der Waals surface area contributed by atoms with Crippen LogP contribution in [0.15, 0.2) is 133 Å². The van der Waals surface area contributed by atoms with E-state index < -0.39 is 0 Å². The molecule has 0 radical (unpaired) electrons. The van der Waals surface area contributed by atoms with Gasteiger partial charge in [-0.15, -0.1) is 0 Å². The third kappa shape index (κ3) is 5.01. The van der Waals surface area contributed by atoms with E-state index in [9.17, 15) is 0 Å². The molecule has 0 N–H and O–H groups in total. The standard InChI is InChI=1S/C56H49N5/c1-54(2,3)33-26-39-40-27-35(56(7,8)9)31-45(59(36-19-12-10-13-20-36)37-21-14-11-15-22-37)51(40)61-49(39)42(29-33)48-53(61)58-47-43-30-34(55(4,5)6)28-41-46-38-23-17-16-18-32(38)24-25-44(46)60(50(41)43)52(47)57-48/h10-31H,1-9H3. The van der Waals surface area contributed by atoms with E-state index in [0.29, 0.717) is 0 Å². The molecule has 5 nitrogen and oxygen atoms in total. The minimum Gasteiger partial charge on any atom is -0.308 e. The van der Waals surface area contributed by atoms with Crippen molar-refractivity contribution in [3.05, 3.63) is 150 Å². The molecule has 5 heteroatoms. The molecular formula is C56H49N5. The second-order valence-corrected chi connectivity index (χ2v) is 20.4. The van der Waals surface area contributed by atoms with E-state index in [-0.39, 0.29) is 16.2 Å². The van der Waals surface area contributed by atoms with Crippen molar-refractivity contribution in [3.63, 3.8) is 0 Å². The van der Waals surface area contributed by atoms with Gasteiger partial charge in [-0.25, -0.2) is 9.97 Å². The molecule has 0 aliphatic carbocycles. The van der Waals surface area contributed by atoms with E-state index in [0.717, 1.165) is 55.7 Å². The van der Waals surface area contributed by atoms with Crippen molar-refractivity contribution in [2.45, 2.75) is 78.6 Å². The van der Waals surface area contributed by atoms with Gasteiger partial charge in [-0.05, 0) is 110 Å². The molecule has 0 unspecified atom stereocenters. The van der Waals surface area contributed by atoms with Crippen LogP contribution in [0.5, 0.6) is 0 Å². The summed E-state index contributed by atoms with van der Waals surface area (Å²) in [6, 6.07) is 49.5. The van der Waals surface area contributed by atoms with E-state index in [2.05, 4.69) is 209 Å². The molecule has 0 saturated carbocycles. The van der Waals surface area contributed by atoms with Crippen molar-refractivity contribution in [1.82, 2.24) is 18.8 Å². The van der Waals surface area contributed by atoms with Crippen LogP contribution in [0.4, 0.5) is 17.1 Å². The molecule has 0 saturated heterocycles. The average molecular weight is 792 g/mol. The molecule has 0 fully saturated rings. The Morgan fingerprint density at radius 3 is 1.44 bits per heavy atom. The fraction of sp³-hybridized carbons (Fsp3) is 0.214. The normalized spacial score (nSPS) is 13.3. The van der Waals surface area contributed by atoms with Gasteiger partial charge in [0.05, 0.1) is 27.8 Å². The predicted molar refractivity (Wildman–Crippen MR) is 260 cm³/mol. The fourth-order valence-electron chi connectivity index (χ4n) is 10.1. The van der Waals surface area contributed by atoms with Gasteiger partial charge in [-0.1, -0.05) is 129 Å². The lowest BCUT2D eigenvalue weighted by molar-refractivity contribution is 0.591. The largest absolute Gasteiger partial charge is 0.308 e. The highest BCUT2D eigenvalue weighted by molar-refractivity contribution is 6.30. The number of hydrogen-bond acceptors (Lipinski definition) is 3. The molecular weight excluding hydrogens is 743 g/mol. The Kier molecular flexibility index (Phi) is 7.10. The molecule has 0 aliphatic heterocycles. The zero-order valence-electron chi connectivity index (χ0n) is 36.4. The summed E-state index contributed by atoms with van der Waals surface area (Å²) in [5, 5.41) is 9.82. The second-order valence-electron chi connectivity index (χ2n) is 20.4. The summed E-state index contributed by atoms with van der Waals surface area (Å²) < 4.78 is 4.87. The minimum atomic E-state index is -0.103.